The fraction of sp³-hybridized carbons (Fsp3) is 0.933. The molecule has 0 aromatic heterocycles. The van der Waals surface area contributed by atoms with E-state index in [-0.39, 0.29) is 11.8 Å². The van der Waals surface area contributed by atoms with Crippen LogP contribution in [0.15, 0.2) is 0 Å². The van der Waals surface area contributed by atoms with Crippen LogP contribution in [-0.2, 0) is 4.79 Å². The van der Waals surface area contributed by atoms with E-state index in [2.05, 4.69) is 15.5 Å². The molecule has 0 aromatic carbocycles. The number of rotatable bonds is 5. The Morgan fingerprint density at radius 1 is 1.16 bits per heavy atom. The van der Waals surface area contributed by atoms with Crippen LogP contribution in [0.25, 0.3) is 0 Å². The molecular formula is C15H29N3O. The number of amides is 1. The SMILES string of the molecule is O=C(NCCCN1CCCCCC1)C1CCCNC1. The lowest BCUT2D eigenvalue weighted by Gasteiger charge is -2.23. The quantitative estimate of drug-likeness (QED) is 0.740. The smallest absolute Gasteiger partial charge is 0.224 e. The van der Waals surface area contributed by atoms with Crippen molar-refractivity contribution in [2.75, 3.05) is 39.3 Å². The lowest BCUT2D eigenvalue weighted by molar-refractivity contribution is -0.125. The first kappa shape index (κ1) is 14.8. The molecule has 1 amide bonds. The molecule has 0 aliphatic carbocycles. The Kier molecular flexibility index (Phi) is 6.65. The van der Waals surface area contributed by atoms with Crippen LogP contribution in [-0.4, -0.2) is 50.1 Å². The van der Waals surface area contributed by atoms with Gasteiger partial charge in [-0.1, -0.05) is 12.8 Å². The van der Waals surface area contributed by atoms with Crippen molar-refractivity contribution in [3.8, 4) is 0 Å². The highest BCUT2D eigenvalue weighted by Gasteiger charge is 2.20. The number of nitrogens with zero attached hydrogens (tertiary/aromatic N) is 1. The average Bonchev–Trinajstić information content (AvgIpc) is 2.73. The molecule has 2 aliphatic rings. The Balaban J connectivity index is 1.54. The predicted molar refractivity (Wildman–Crippen MR) is 78.1 cm³/mol. The second kappa shape index (κ2) is 8.54. The van der Waals surface area contributed by atoms with E-state index in [9.17, 15) is 4.79 Å². The van der Waals surface area contributed by atoms with E-state index in [0.29, 0.717) is 0 Å². The fourth-order valence-corrected chi connectivity index (χ4v) is 3.09. The van der Waals surface area contributed by atoms with Gasteiger partial charge in [0.05, 0.1) is 5.92 Å². The maximum absolute atomic E-state index is 11.9. The molecule has 1 unspecified atom stereocenters. The van der Waals surface area contributed by atoms with Crippen LogP contribution in [0.2, 0.25) is 0 Å². The molecule has 19 heavy (non-hydrogen) atoms. The van der Waals surface area contributed by atoms with Gasteiger partial charge in [0.1, 0.15) is 0 Å². The summed E-state index contributed by atoms with van der Waals surface area (Å²) in [6, 6.07) is 0. The first-order chi connectivity index (χ1) is 9.36. The number of nitrogens with one attached hydrogen (secondary N) is 2. The third-order valence-electron chi connectivity index (χ3n) is 4.32. The first-order valence-corrected chi connectivity index (χ1v) is 8.07. The summed E-state index contributed by atoms with van der Waals surface area (Å²) < 4.78 is 0. The fourth-order valence-electron chi connectivity index (χ4n) is 3.09. The van der Waals surface area contributed by atoms with Crippen LogP contribution in [0.1, 0.15) is 44.9 Å². The van der Waals surface area contributed by atoms with Crippen LogP contribution in [0.4, 0.5) is 0 Å². The minimum Gasteiger partial charge on any atom is -0.356 e. The summed E-state index contributed by atoms with van der Waals surface area (Å²) >= 11 is 0. The highest BCUT2D eigenvalue weighted by atomic mass is 16.1. The molecule has 4 heteroatoms. The van der Waals surface area contributed by atoms with E-state index in [1.54, 1.807) is 0 Å². The Morgan fingerprint density at radius 2 is 1.95 bits per heavy atom. The molecule has 2 aliphatic heterocycles. The standard InChI is InChI=1S/C15H29N3O/c19-15(14-7-5-8-16-13-14)17-9-6-12-18-10-3-1-2-4-11-18/h14,16H,1-13H2,(H,17,19). The number of carbonyl (C=O) groups is 1. The zero-order valence-corrected chi connectivity index (χ0v) is 12.1. The molecule has 1 atom stereocenters. The summed E-state index contributed by atoms with van der Waals surface area (Å²) in [5, 5.41) is 6.40. The molecule has 2 fully saturated rings. The van der Waals surface area contributed by atoms with Crippen molar-refractivity contribution < 1.29 is 4.79 Å². The number of hydrogen-bond acceptors (Lipinski definition) is 3. The lowest BCUT2D eigenvalue weighted by atomic mass is 9.99. The Hall–Kier alpha value is -0.610. The molecule has 110 valence electrons. The normalized spacial score (nSPS) is 25.8. The van der Waals surface area contributed by atoms with E-state index in [1.807, 2.05) is 0 Å². The molecule has 4 nitrogen and oxygen atoms in total. The van der Waals surface area contributed by atoms with Crippen molar-refractivity contribution in [2.45, 2.75) is 44.9 Å². The third kappa shape index (κ3) is 5.49. The summed E-state index contributed by atoms with van der Waals surface area (Å²) in [5.41, 5.74) is 0. The van der Waals surface area contributed by atoms with Crippen LogP contribution in [0.5, 0.6) is 0 Å². The van der Waals surface area contributed by atoms with Crippen LogP contribution in [0.3, 0.4) is 0 Å². The summed E-state index contributed by atoms with van der Waals surface area (Å²) in [5.74, 6) is 0.454. The van der Waals surface area contributed by atoms with Gasteiger partial charge in [-0.15, -0.1) is 0 Å². The summed E-state index contributed by atoms with van der Waals surface area (Å²) in [6.07, 6.45) is 8.74. The highest BCUT2D eigenvalue weighted by molar-refractivity contribution is 5.78. The van der Waals surface area contributed by atoms with Gasteiger partial charge in [0.25, 0.3) is 0 Å². The third-order valence-corrected chi connectivity index (χ3v) is 4.32. The van der Waals surface area contributed by atoms with E-state index in [1.165, 1.54) is 38.8 Å². The van der Waals surface area contributed by atoms with Gasteiger partial charge < -0.3 is 15.5 Å². The van der Waals surface area contributed by atoms with Crippen LogP contribution >= 0.6 is 0 Å². The van der Waals surface area contributed by atoms with Crippen molar-refractivity contribution in [2.24, 2.45) is 5.92 Å². The van der Waals surface area contributed by atoms with Gasteiger partial charge >= 0.3 is 0 Å². The van der Waals surface area contributed by atoms with E-state index < -0.39 is 0 Å². The molecule has 0 saturated carbocycles. The molecule has 2 saturated heterocycles. The van der Waals surface area contributed by atoms with Gasteiger partial charge in [-0.3, -0.25) is 4.79 Å². The Bertz CT molecular complexity index is 256. The van der Waals surface area contributed by atoms with Crippen molar-refractivity contribution in [1.29, 1.82) is 0 Å². The van der Waals surface area contributed by atoms with E-state index >= 15 is 0 Å². The average molecular weight is 267 g/mol. The van der Waals surface area contributed by atoms with Gasteiger partial charge in [0.15, 0.2) is 0 Å². The summed E-state index contributed by atoms with van der Waals surface area (Å²) in [4.78, 5) is 14.5. The predicted octanol–water partition coefficient (Wildman–Crippen LogP) is 1.37. The highest BCUT2D eigenvalue weighted by Crippen LogP contribution is 2.10. The maximum atomic E-state index is 11.9. The minimum absolute atomic E-state index is 0.201. The summed E-state index contributed by atoms with van der Waals surface area (Å²) in [6.45, 7) is 6.41. The topological polar surface area (TPSA) is 44.4 Å². The van der Waals surface area contributed by atoms with E-state index in [0.717, 1.165) is 45.4 Å². The molecule has 0 radical (unpaired) electrons. The number of likely N-dealkylation sites (tertiary alicyclic amines) is 1. The molecule has 0 bridgehead atoms. The zero-order valence-electron chi connectivity index (χ0n) is 12.1. The van der Waals surface area contributed by atoms with E-state index in [4.69, 9.17) is 0 Å². The molecule has 0 aromatic rings. The second-order valence-electron chi connectivity index (χ2n) is 5.94. The number of carbonyl (C=O) groups excluding carboxylic acids is 1. The van der Waals surface area contributed by atoms with Crippen LogP contribution < -0.4 is 10.6 Å². The maximum Gasteiger partial charge on any atom is 0.224 e. The van der Waals surface area contributed by atoms with Crippen molar-refractivity contribution >= 4 is 5.91 Å². The van der Waals surface area contributed by atoms with Gasteiger partial charge in [-0.05, 0) is 58.3 Å². The number of piperidine rings is 1. The van der Waals surface area contributed by atoms with Crippen molar-refractivity contribution in [1.82, 2.24) is 15.5 Å². The lowest BCUT2D eigenvalue weighted by Crippen LogP contribution is -2.41. The molecule has 2 heterocycles. The van der Waals surface area contributed by atoms with Gasteiger partial charge in [0, 0.05) is 13.1 Å². The van der Waals surface area contributed by atoms with Gasteiger partial charge in [0.2, 0.25) is 5.91 Å². The van der Waals surface area contributed by atoms with Gasteiger partial charge in [-0.25, -0.2) is 0 Å². The Labute approximate surface area is 117 Å². The summed E-state index contributed by atoms with van der Waals surface area (Å²) in [7, 11) is 0. The second-order valence-corrected chi connectivity index (χ2v) is 5.94. The first-order valence-electron chi connectivity index (χ1n) is 8.07. The molecular weight excluding hydrogens is 238 g/mol. The molecule has 0 spiro atoms. The van der Waals surface area contributed by atoms with Gasteiger partial charge in [-0.2, -0.15) is 0 Å². The van der Waals surface area contributed by atoms with Crippen molar-refractivity contribution in [3.05, 3.63) is 0 Å². The minimum atomic E-state index is 0.201. The van der Waals surface area contributed by atoms with Crippen molar-refractivity contribution in [3.63, 3.8) is 0 Å². The largest absolute Gasteiger partial charge is 0.356 e. The molecule has 2 N–H and O–H groups in total. The van der Waals surface area contributed by atoms with Crippen LogP contribution in [0, 0.1) is 5.92 Å². The number of hydrogen-bond donors (Lipinski definition) is 2. The molecule has 2 rings (SSSR count). The zero-order chi connectivity index (χ0) is 13.3. The Morgan fingerprint density at radius 3 is 2.63 bits per heavy atom. The monoisotopic (exact) mass is 267 g/mol.